The summed E-state index contributed by atoms with van der Waals surface area (Å²) in [6.45, 7) is 7.55. The molecule has 1 saturated carbocycles. The Labute approximate surface area is 98.0 Å². The van der Waals surface area contributed by atoms with Crippen LogP contribution < -0.4 is 5.32 Å². The molecule has 0 aromatic carbocycles. The summed E-state index contributed by atoms with van der Waals surface area (Å²) >= 11 is 0. The standard InChI is InChI=1S/C12H23N3O/c1-2-5-13-10-12(16)15-8-6-14(7-9-15)11-3-4-11/h11,13H,2-10H2,1H3. The van der Waals surface area contributed by atoms with Gasteiger partial charge in [-0.1, -0.05) is 6.92 Å². The summed E-state index contributed by atoms with van der Waals surface area (Å²) in [5.74, 6) is 0.267. The lowest BCUT2D eigenvalue weighted by Gasteiger charge is -2.34. The van der Waals surface area contributed by atoms with Crippen LogP contribution in [0.3, 0.4) is 0 Å². The average molecular weight is 225 g/mol. The molecule has 1 N–H and O–H groups in total. The van der Waals surface area contributed by atoms with Crippen molar-refractivity contribution in [3.8, 4) is 0 Å². The summed E-state index contributed by atoms with van der Waals surface area (Å²) in [6.07, 6.45) is 3.82. The first kappa shape index (κ1) is 11.9. The zero-order valence-electron chi connectivity index (χ0n) is 10.2. The van der Waals surface area contributed by atoms with E-state index in [1.165, 1.54) is 12.8 Å². The van der Waals surface area contributed by atoms with Crippen LogP contribution >= 0.6 is 0 Å². The Kier molecular flexibility index (Phi) is 4.18. The Morgan fingerprint density at radius 1 is 1.25 bits per heavy atom. The summed E-state index contributed by atoms with van der Waals surface area (Å²) in [5, 5.41) is 3.17. The van der Waals surface area contributed by atoms with Crippen LogP contribution in [0, 0.1) is 0 Å². The zero-order chi connectivity index (χ0) is 11.4. The van der Waals surface area contributed by atoms with Gasteiger partial charge in [-0.2, -0.15) is 0 Å². The van der Waals surface area contributed by atoms with E-state index < -0.39 is 0 Å². The molecule has 2 fully saturated rings. The smallest absolute Gasteiger partial charge is 0.236 e. The molecule has 0 unspecified atom stereocenters. The van der Waals surface area contributed by atoms with E-state index in [2.05, 4.69) is 17.1 Å². The number of amides is 1. The van der Waals surface area contributed by atoms with Crippen LogP contribution in [0.5, 0.6) is 0 Å². The van der Waals surface area contributed by atoms with Gasteiger partial charge in [-0.05, 0) is 25.8 Å². The molecule has 92 valence electrons. The summed E-state index contributed by atoms with van der Waals surface area (Å²) in [5.41, 5.74) is 0. The minimum absolute atomic E-state index is 0.267. The number of carbonyl (C=O) groups is 1. The van der Waals surface area contributed by atoms with Gasteiger partial charge in [-0.3, -0.25) is 9.69 Å². The quantitative estimate of drug-likeness (QED) is 0.683. The predicted molar refractivity (Wildman–Crippen MR) is 64.3 cm³/mol. The van der Waals surface area contributed by atoms with Gasteiger partial charge in [0.2, 0.25) is 5.91 Å². The minimum Gasteiger partial charge on any atom is -0.339 e. The van der Waals surface area contributed by atoms with E-state index in [0.717, 1.165) is 45.2 Å². The highest BCUT2D eigenvalue weighted by Crippen LogP contribution is 2.27. The Balaban J connectivity index is 1.64. The summed E-state index contributed by atoms with van der Waals surface area (Å²) in [6, 6.07) is 0.843. The van der Waals surface area contributed by atoms with Crippen molar-refractivity contribution < 1.29 is 4.79 Å². The van der Waals surface area contributed by atoms with Crippen LogP contribution in [-0.4, -0.2) is 61.0 Å². The van der Waals surface area contributed by atoms with Crippen molar-refractivity contribution >= 4 is 5.91 Å². The van der Waals surface area contributed by atoms with Crippen molar-refractivity contribution in [2.75, 3.05) is 39.3 Å². The van der Waals surface area contributed by atoms with E-state index in [-0.39, 0.29) is 5.91 Å². The molecule has 0 radical (unpaired) electrons. The Morgan fingerprint density at radius 2 is 1.94 bits per heavy atom. The number of hydrogen-bond donors (Lipinski definition) is 1. The first-order chi connectivity index (χ1) is 7.81. The maximum atomic E-state index is 11.8. The van der Waals surface area contributed by atoms with Crippen LogP contribution in [0.15, 0.2) is 0 Å². The van der Waals surface area contributed by atoms with Crippen molar-refractivity contribution in [3.05, 3.63) is 0 Å². The lowest BCUT2D eigenvalue weighted by Crippen LogP contribution is -2.51. The van der Waals surface area contributed by atoms with E-state index in [0.29, 0.717) is 6.54 Å². The van der Waals surface area contributed by atoms with E-state index in [1.807, 2.05) is 4.90 Å². The number of nitrogens with zero attached hydrogens (tertiary/aromatic N) is 2. The van der Waals surface area contributed by atoms with Crippen LogP contribution in [0.4, 0.5) is 0 Å². The van der Waals surface area contributed by atoms with Crippen LogP contribution in [0.2, 0.25) is 0 Å². The summed E-state index contributed by atoms with van der Waals surface area (Å²) in [4.78, 5) is 16.3. The van der Waals surface area contributed by atoms with Gasteiger partial charge in [0.25, 0.3) is 0 Å². The zero-order valence-corrected chi connectivity index (χ0v) is 10.2. The van der Waals surface area contributed by atoms with E-state index >= 15 is 0 Å². The third-order valence-corrected chi connectivity index (χ3v) is 3.43. The molecule has 0 aromatic heterocycles. The fraction of sp³-hybridized carbons (Fsp3) is 0.917. The summed E-state index contributed by atoms with van der Waals surface area (Å²) < 4.78 is 0. The molecule has 1 heterocycles. The normalized spacial score (nSPS) is 22.4. The lowest BCUT2D eigenvalue weighted by molar-refractivity contribution is -0.132. The molecule has 0 bridgehead atoms. The van der Waals surface area contributed by atoms with Crippen molar-refractivity contribution in [1.29, 1.82) is 0 Å². The molecule has 0 aromatic rings. The molecule has 1 saturated heterocycles. The largest absolute Gasteiger partial charge is 0.339 e. The molecule has 2 rings (SSSR count). The minimum atomic E-state index is 0.267. The molecule has 1 aliphatic heterocycles. The van der Waals surface area contributed by atoms with E-state index in [4.69, 9.17) is 0 Å². The molecule has 4 heteroatoms. The molecule has 16 heavy (non-hydrogen) atoms. The lowest BCUT2D eigenvalue weighted by atomic mass is 10.3. The number of rotatable bonds is 5. The molecule has 2 aliphatic rings. The summed E-state index contributed by atoms with van der Waals surface area (Å²) in [7, 11) is 0. The first-order valence-corrected chi connectivity index (χ1v) is 6.54. The van der Waals surface area contributed by atoms with Gasteiger partial charge in [0.15, 0.2) is 0 Å². The van der Waals surface area contributed by atoms with Gasteiger partial charge in [-0.25, -0.2) is 0 Å². The van der Waals surface area contributed by atoms with E-state index in [1.54, 1.807) is 0 Å². The Morgan fingerprint density at radius 3 is 2.50 bits per heavy atom. The van der Waals surface area contributed by atoms with Crippen molar-refractivity contribution in [1.82, 2.24) is 15.1 Å². The molecule has 1 amide bonds. The van der Waals surface area contributed by atoms with Gasteiger partial charge in [0.05, 0.1) is 6.54 Å². The van der Waals surface area contributed by atoms with Crippen LogP contribution in [0.1, 0.15) is 26.2 Å². The molecule has 0 atom stereocenters. The number of nitrogens with one attached hydrogen (secondary N) is 1. The topological polar surface area (TPSA) is 35.6 Å². The molecular weight excluding hydrogens is 202 g/mol. The van der Waals surface area contributed by atoms with Gasteiger partial charge in [-0.15, -0.1) is 0 Å². The number of piperazine rings is 1. The molecule has 4 nitrogen and oxygen atoms in total. The van der Waals surface area contributed by atoms with Crippen LogP contribution in [0.25, 0.3) is 0 Å². The van der Waals surface area contributed by atoms with Crippen molar-refractivity contribution in [3.63, 3.8) is 0 Å². The SMILES string of the molecule is CCCNCC(=O)N1CCN(C2CC2)CC1. The van der Waals surface area contributed by atoms with Gasteiger partial charge >= 0.3 is 0 Å². The Hall–Kier alpha value is -0.610. The third kappa shape index (κ3) is 3.19. The second-order valence-corrected chi connectivity index (χ2v) is 4.82. The van der Waals surface area contributed by atoms with Crippen LogP contribution in [-0.2, 0) is 4.79 Å². The third-order valence-electron chi connectivity index (χ3n) is 3.43. The Bertz CT molecular complexity index is 232. The van der Waals surface area contributed by atoms with E-state index in [9.17, 15) is 4.79 Å². The fourth-order valence-corrected chi connectivity index (χ4v) is 2.26. The predicted octanol–water partition coefficient (Wildman–Crippen LogP) is 0.293. The second kappa shape index (κ2) is 5.64. The first-order valence-electron chi connectivity index (χ1n) is 6.54. The molecular formula is C12H23N3O. The van der Waals surface area contributed by atoms with Crippen molar-refractivity contribution in [2.24, 2.45) is 0 Å². The van der Waals surface area contributed by atoms with Crippen molar-refractivity contribution in [2.45, 2.75) is 32.2 Å². The van der Waals surface area contributed by atoms with Gasteiger partial charge in [0.1, 0.15) is 0 Å². The molecule has 1 aliphatic carbocycles. The highest BCUT2D eigenvalue weighted by atomic mass is 16.2. The maximum absolute atomic E-state index is 11.8. The number of hydrogen-bond acceptors (Lipinski definition) is 3. The number of carbonyl (C=O) groups excluding carboxylic acids is 1. The second-order valence-electron chi connectivity index (χ2n) is 4.82. The fourth-order valence-electron chi connectivity index (χ4n) is 2.26. The van der Waals surface area contributed by atoms with Gasteiger partial charge < -0.3 is 10.2 Å². The highest BCUT2D eigenvalue weighted by molar-refractivity contribution is 5.78. The highest BCUT2D eigenvalue weighted by Gasteiger charge is 2.31. The van der Waals surface area contributed by atoms with Gasteiger partial charge in [0, 0.05) is 32.2 Å². The average Bonchev–Trinajstić information content (AvgIpc) is 3.13. The monoisotopic (exact) mass is 225 g/mol. The maximum Gasteiger partial charge on any atom is 0.236 e. The molecule has 0 spiro atoms.